The second kappa shape index (κ2) is 6.94. The van der Waals surface area contributed by atoms with Crippen LogP contribution in [0.5, 0.6) is 0 Å². The molecule has 2 aromatic carbocycles. The monoisotopic (exact) mass is 403 g/mol. The molecular weight excluding hydrogens is 387 g/mol. The van der Waals surface area contributed by atoms with E-state index >= 15 is 0 Å². The summed E-state index contributed by atoms with van der Waals surface area (Å²) in [5, 5.41) is 5.98. The van der Waals surface area contributed by atoms with Crippen LogP contribution in [0.25, 0.3) is 0 Å². The van der Waals surface area contributed by atoms with Gasteiger partial charge in [0.25, 0.3) is 5.91 Å². The molecule has 0 unspecified atom stereocenters. The Balaban J connectivity index is 1.85. The van der Waals surface area contributed by atoms with Crippen LogP contribution in [0.4, 0.5) is 24.5 Å². The molecule has 0 saturated carbocycles. The highest BCUT2D eigenvalue weighted by Crippen LogP contribution is 2.39. The summed E-state index contributed by atoms with van der Waals surface area (Å²) in [5.41, 5.74) is 0.997. The Morgan fingerprint density at radius 1 is 1.18 bits per heavy atom. The van der Waals surface area contributed by atoms with Gasteiger partial charge in [-0.1, -0.05) is 25.1 Å². The van der Waals surface area contributed by atoms with Crippen molar-refractivity contribution >= 4 is 28.6 Å². The zero-order chi connectivity index (χ0) is 19.9. The number of rotatable bonds is 3. The number of para-hydroxylation sites is 1. The number of carbonyl (C=O) groups is 1. The van der Waals surface area contributed by atoms with Gasteiger partial charge in [-0.05, 0) is 36.8 Å². The molecule has 1 N–H and O–H groups in total. The Bertz CT molecular complexity index is 1030. The maximum atomic E-state index is 13.2. The molecule has 0 radical (unpaired) electrons. The van der Waals surface area contributed by atoms with Gasteiger partial charge in [-0.3, -0.25) is 9.69 Å². The molecule has 28 heavy (non-hydrogen) atoms. The van der Waals surface area contributed by atoms with Gasteiger partial charge in [-0.15, -0.1) is 11.3 Å². The number of hydrogen-bond donors (Lipinski definition) is 1. The molecule has 1 aliphatic rings. The van der Waals surface area contributed by atoms with Gasteiger partial charge in [0, 0.05) is 16.8 Å². The van der Waals surface area contributed by atoms with E-state index < -0.39 is 17.9 Å². The Morgan fingerprint density at radius 3 is 2.68 bits per heavy atom. The highest BCUT2D eigenvalue weighted by Gasteiger charge is 2.37. The lowest BCUT2D eigenvalue weighted by Gasteiger charge is -2.37. The topological polar surface area (TPSA) is 45.2 Å². The van der Waals surface area contributed by atoms with Crippen molar-refractivity contribution in [1.82, 2.24) is 4.98 Å². The number of hydrogen-bond acceptors (Lipinski definition) is 4. The Labute approximate surface area is 163 Å². The van der Waals surface area contributed by atoms with Crippen molar-refractivity contribution in [3.05, 3.63) is 75.7 Å². The Kier molecular flexibility index (Phi) is 4.58. The summed E-state index contributed by atoms with van der Waals surface area (Å²) in [4.78, 5) is 19.1. The lowest BCUT2D eigenvalue weighted by atomic mass is 10.0. The molecule has 0 spiro atoms. The highest BCUT2D eigenvalue weighted by atomic mass is 32.1. The quantitative estimate of drug-likeness (QED) is 0.629. The fourth-order valence-electron chi connectivity index (χ4n) is 3.17. The SMILES string of the molecule is CCc1nc([C@@H]2Nc3ccccc3C(=O)N2c2cccc(C(F)(F)F)c2)cs1. The van der Waals surface area contributed by atoms with Crippen LogP contribution >= 0.6 is 11.3 Å². The molecule has 1 aromatic heterocycles. The molecular formula is C20H16F3N3OS. The summed E-state index contributed by atoms with van der Waals surface area (Å²) in [7, 11) is 0. The molecule has 3 aromatic rings. The van der Waals surface area contributed by atoms with E-state index in [4.69, 9.17) is 0 Å². The molecule has 8 heteroatoms. The first kappa shape index (κ1) is 18.5. The van der Waals surface area contributed by atoms with Gasteiger partial charge in [-0.25, -0.2) is 4.98 Å². The number of nitrogens with zero attached hydrogens (tertiary/aromatic N) is 2. The van der Waals surface area contributed by atoms with Crippen molar-refractivity contribution < 1.29 is 18.0 Å². The minimum Gasteiger partial charge on any atom is -0.359 e. The molecule has 144 valence electrons. The third-order valence-electron chi connectivity index (χ3n) is 4.53. The number of halogens is 3. The second-order valence-corrected chi connectivity index (χ2v) is 7.28. The van der Waals surface area contributed by atoms with Crippen LogP contribution < -0.4 is 10.2 Å². The number of fused-ring (bicyclic) bond motifs is 1. The van der Waals surface area contributed by atoms with Crippen molar-refractivity contribution in [3.63, 3.8) is 0 Å². The number of aryl methyl sites for hydroxylation is 1. The van der Waals surface area contributed by atoms with Crippen LogP contribution in [0.2, 0.25) is 0 Å². The number of benzene rings is 2. The van der Waals surface area contributed by atoms with E-state index in [2.05, 4.69) is 10.3 Å². The zero-order valence-electron chi connectivity index (χ0n) is 14.8. The average molecular weight is 403 g/mol. The van der Waals surface area contributed by atoms with Crippen molar-refractivity contribution in [2.45, 2.75) is 25.7 Å². The number of anilines is 2. The third-order valence-corrected chi connectivity index (χ3v) is 5.54. The van der Waals surface area contributed by atoms with Gasteiger partial charge < -0.3 is 5.32 Å². The molecule has 0 bridgehead atoms. The number of carbonyl (C=O) groups excluding carboxylic acids is 1. The number of nitrogens with one attached hydrogen (secondary N) is 1. The molecule has 1 aliphatic heterocycles. The van der Waals surface area contributed by atoms with Gasteiger partial charge in [0.1, 0.15) is 0 Å². The van der Waals surface area contributed by atoms with Gasteiger partial charge in [0.2, 0.25) is 0 Å². The Morgan fingerprint density at radius 2 is 1.96 bits per heavy atom. The predicted molar refractivity (Wildman–Crippen MR) is 103 cm³/mol. The standard InChI is InChI=1S/C20H16F3N3OS/c1-2-17-24-16(11-28-17)18-25-15-9-4-3-8-14(15)19(27)26(18)13-7-5-6-12(10-13)20(21,22)23/h3-11,18,25H,2H2,1H3/t18-/m1/s1. The van der Waals surface area contributed by atoms with Crippen molar-refractivity contribution in [2.24, 2.45) is 0 Å². The van der Waals surface area contributed by atoms with Crippen LogP contribution in [-0.4, -0.2) is 10.9 Å². The van der Waals surface area contributed by atoms with E-state index in [1.54, 1.807) is 24.3 Å². The van der Waals surface area contributed by atoms with Crippen LogP contribution in [0, 0.1) is 0 Å². The number of amides is 1. The first-order valence-corrected chi connectivity index (χ1v) is 9.57. The largest absolute Gasteiger partial charge is 0.416 e. The minimum atomic E-state index is -4.49. The Hall–Kier alpha value is -2.87. The molecule has 0 fully saturated rings. The van der Waals surface area contributed by atoms with E-state index in [0.29, 0.717) is 16.9 Å². The maximum Gasteiger partial charge on any atom is 0.416 e. The average Bonchev–Trinajstić information content (AvgIpc) is 3.16. The summed E-state index contributed by atoms with van der Waals surface area (Å²) in [6.07, 6.45) is -4.45. The lowest BCUT2D eigenvalue weighted by Crippen LogP contribution is -2.43. The van der Waals surface area contributed by atoms with Crippen LogP contribution in [0.1, 0.15) is 39.7 Å². The first-order chi connectivity index (χ1) is 13.4. The van der Waals surface area contributed by atoms with Crippen LogP contribution in [-0.2, 0) is 12.6 Å². The van der Waals surface area contributed by atoms with Gasteiger partial charge in [-0.2, -0.15) is 13.2 Å². The van der Waals surface area contributed by atoms with E-state index in [0.717, 1.165) is 23.6 Å². The van der Waals surface area contributed by atoms with Gasteiger partial charge in [0.05, 0.1) is 21.8 Å². The number of aromatic nitrogens is 1. The summed E-state index contributed by atoms with van der Waals surface area (Å²) < 4.78 is 39.6. The maximum absolute atomic E-state index is 13.2. The van der Waals surface area contributed by atoms with Gasteiger partial charge in [0.15, 0.2) is 6.17 Å². The van der Waals surface area contributed by atoms with Crippen molar-refractivity contribution in [3.8, 4) is 0 Å². The van der Waals surface area contributed by atoms with Crippen molar-refractivity contribution in [1.29, 1.82) is 0 Å². The molecule has 0 saturated heterocycles. The minimum absolute atomic E-state index is 0.165. The molecule has 0 aliphatic carbocycles. The predicted octanol–water partition coefficient (Wildman–Crippen LogP) is 5.50. The molecule has 1 atom stereocenters. The molecule has 2 heterocycles. The first-order valence-electron chi connectivity index (χ1n) is 8.69. The number of thiazole rings is 1. The molecule has 1 amide bonds. The summed E-state index contributed by atoms with van der Waals surface area (Å²) in [6.45, 7) is 1.97. The van der Waals surface area contributed by atoms with Crippen molar-refractivity contribution in [2.75, 3.05) is 10.2 Å². The fraction of sp³-hybridized carbons (Fsp3) is 0.200. The zero-order valence-corrected chi connectivity index (χ0v) is 15.6. The van der Waals surface area contributed by atoms with E-state index in [1.807, 2.05) is 12.3 Å². The third kappa shape index (κ3) is 3.24. The van der Waals surface area contributed by atoms with Gasteiger partial charge >= 0.3 is 6.18 Å². The van der Waals surface area contributed by atoms with E-state index in [-0.39, 0.29) is 11.6 Å². The fourth-order valence-corrected chi connectivity index (χ4v) is 3.94. The van der Waals surface area contributed by atoms with Crippen LogP contribution in [0.15, 0.2) is 53.9 Å². The molecule has 4 nitrogen and oxygen atoms in total. The lowest BCUT2D eigenvalue weighted by molar-refractivity contribution is -0.137. The highest BCUT2D eigenvalue weighted by molar-refractivity contribution is 7.09. The normalized spacial score (nSPS) is 16.6. The van der Waals surface area contributed by atoms with E-state index in [1.165, 1.54) is 28.4 Å². The second-order valence-electron chi connectivity index (χ2n) is 6.34. The smallest absolute Gasteiger partial charge is 0.359 e. The summed E-state index contributed by atoms with van der Waals surface area (Å²) in [5.74, 6) is -0.371. The van der Waals surface area contributed by atoms with Crippen LogP contribution in [0.3, 0.4) is 0 Å². The summed E-state index contributed by atoms with van der Waals surface area (Å²) in [6, 6.07) is 11.7. The summed E-state index contributed by atoms with van der Waals surface area (Å²) >= 11 is 1.46. The van der Waals surface area contributed by atoms with E-state index in [9.17, 15) is 18.0 Å². The molecule has 4 rings (SSSR count). The number of alkyl halides is 3.